The van der Waals surface area contributed by atoms with Crippen LogP contribution in [0.1, 0.15) is 30.6 Å². The number of hydrogen-bond acceptors (Lipinski definition) is 2. The summed E-state index contributed by atoms with van der Waals surface area (Å²) >= 11 is 0. The van der Waals surface area contributed by atoms with Crippen molar-refractivity contribution in [2.45, 2.75) is 25.8 Å². The third-order valence-electron chi connectivity index (χ3n) is 4.36. The molecule has 0 spiro atoms. The van der Waals surface area contributed by atoms with Gasteiger partial charge in [0.05, 0.1) is 11.7 Å². The molecule has 0 bridgehead atoms. The van der Waals surface area contributed by atoms with Crippen LogP contribution in [0.3, 0.4) is 0 Å². The number of rotatable bonds is 2. The Morgan fingerprint density at radius 1 is 1.19 bits per heavy atom. The lowest BCUT2D eigenvalue weighted by Crippen LogP contribution is -2.23. The van der Waals surface area contributed by atoms with Gasteiger partial charge < -0.3 is 9.88 Å². The molecule has 0 amide bonds. The van der Waals surface area contributed by atoms with Gasteiger partial charge in [-0.2, -0.15) is 0 Å². The summed E-state index contributed by atoms with van der Waals surface area (Å²) in [6, 6.07) is 15.6. The van der Waals surface area contributed by atoms with Crippen molar-refractivity contribution >= 4 is 16.7 Å². The van der Waals surface area contributed by atoms with E-state index in [2.05, 4.69) is 70.5 Å². The lowest BCUT2D eigenvalue weighted by Gasteiger charge is -2.27. The van der Waals surface area contributed by atoms with E-state index in [9.17, 15) is 0 Å². The molecule has 2 heterocycles. The topological polar surface area (TPSA) is 29.9 Å². The summed E-state index contributed by atoms with van der Waals surface area (Å²) in [5, 5.41) is 6.08. The first kappa shape index (κ1) is 12.5. The Morgan fingerprint density at radius 3 is 2.95 bits per heavy atom. The first-order valence-electron chi connectivity index (χ1n) is 7.66. The van der Waals surface area contributed by atoms with Crippen molar-refractivity contribution in [2.75, 3.05) is 11.9 Å². The maximum absolute atomic E-state index is 4.68. The zero-order valence-corrected chi connectivity index (χ0v) is 12.2. The molecular weight excluding hydrogens is 258 g/mol. The Morgan fingerprint density at radius 2 is 2.05 bits per heavy atom. The van der Waals surface area contributed by atoms with E-state index in [1.54, 1.807) is 0 Å². The van der Waals surface area contributed by atoms with Crippen molar-refractivity contribution in [3.05, 3.63) is 59.9 Å². The molecule has 2 aromatic carbocycles. The lowest BCUT2D eigenvalue weighted by molar-refractivity contribution is 0.533. The lowest BCUT2D eigenvalue weighted by atomic mass is 9.96. The van der Waals surface area contributed by atoms with E-state index >= 15 is 0 Å². The van der Waals surface area contributed by atoms with Gasteiger partial charge in [-0.3, -0.25) is 0 Å². The monoisotopic (exact) mass is 277 g/mol. The molecule has 1 atom stereocenters. The fraction of sp³-hybridized carbons (Fsp3) is 0.278. The molecule has 1 aliphatic rings. The minimum atomic E-state index is 0.375. The van der Waals surface area contributed by atoms with Gasteiger partial charge in [0.15, 0.2) is 0 Å². The van der Waals surface area contributed by atoms with Crippen molar-refractivity contribution in [1.29, 1.82) is 0 Å². The molecule has 1 N–H and O–H groups in total. The first-order valence-corrected chi connectivity index (χ1v) is 7.66. The van der Waals surface area contributed by atoms with Crippen molar-refractivity contribution in [3.8, 4) is 0 Å². The molecule has 3 heteroatoms. The minimum absolute atomic E-state index is 0.375. The number of nitrogens with zero attached hydrogens (tertiary/aromatic N) is 2. The highest BCUT2D eigenvalue weighted by molar-refractivity contribution is 5.86. The number of anilines is 1. The van der Waals surface area contributed by atoms with Crippen LogP contribution >= 0.6 is 0 Å². The Bertz CT molecular complexity index is 783. The predicted molar refractivity (Wildman–Crippen MR) is 86.8 cm³/mol. The van der Waals surface area contributed by atoms with Crippen LogP contribution in [0.15, 0.2) is 48.7 Å². The Kier molecular flexibility index (Phi) is 2.92. The third kappa shape index (κ3) is 2.00. The van der Waals surface area contributed by atoms with Crippen molar-refractivity contribution in [2.24, 2.45) is 0 Å². The number of imidazole rings is 1. The van der Waals surface area contributed by atoms with Crippen LogP contribution in [-0.4, -0.2) is 16.1 Å². The Labute approximate surface area is 124 Å². The zero-order valence-electron chi connectivity index (χ0n) is 12.2. The highest BCUT2D eigenvalue weighted by atomic mass is 15.2. The second-order valence-electron chi connectivity index (χ2n) is 5.62. The predicted octanol–water partition coefficient (Wildman–Crippen LogP) is 4.00. The molecule has 1 unspecified atom stereocenters. The molecule has 0 saturated carbocycles. The summed E-state index contributed by atoms with van der Waals surface area (Å²) in [6.07, 6.45) is 4.28. The van der Waals surface area contributed by atoms with E-state index < -0.39 is 0 Å². The Hall–Kier alpha value is -2.29. The average molecular weight is 277 g/mol. The third-order valence-corrected chi connectivity index (χ3v) is 4.36. The molecule has 1 aromatic heterocycles. The SMILES string of the molecule is CCc1cn2c(n1)NCCC2c1cccc2ccccc12. The molecule has 1 aliphatic heterocycles. The van der Waals surface area contributed by atoms with Crippen LogP contribution in [0.4, 0.5) is 5.95 Å². The van der Waals surface area contributed by atoms with E-state index in [0.29, 0.717) is 6.04 Å². The van der Waals surface area contributed by atoms with Crippen molar-refractivity contribution in [1.82, 2.24) is 9.55 Å². The van der Waals surface area contributed by atoms with Gasteiger partial charge in [0, 0.05) is 12.7 Å². The van der Waals surface area contributed by atoms with Crippen LogP contribution in [0.5, 0.6) is 0 Å². The van der Waals surface area contributed by atoms with E-state index in [1.165, 1.54) is 16.3 Å². The molecule has 3 aromatic rings. The van der Waals surface area contributed by atoms with Gasteiger partial charge in [0.2, 0.25) is 5.95 Å². The van der Waals surface area contributed by atoms with Crippen LogP contribution < -0.4 is 5.32 Å². The number of aryl methyl sites for hydroxylation is 1. The maximum Gasteiger partial charge on any atom is 0.203 e. The molecule has 0 radical (unpaired) electrons. The summed E-state index contributed by atoms with van der Waals surface area (Å²) < 4.78 is 2.31. The molecule has 106 valence electrons. The quantitative estimate of drug-likeness (QED) is 0.767. The van der Waals surface area contributed by atoms with Crippen LogP contribution in [0.25, 0.3) is 10.8 Å². The molecule has 0 fully saturated rings. The number of aromatic nitrogens is 2. The normalized spacial score (nSPS) is 17.5. The number of hydrogen-bond donors (Lipinski definition) is 1. The maximum atomic E-state index is 4.68. The smallest absolute Gasteiger partial charge is 0.203 e. The summed E-state index contributed by atoms with van der Waals surface area (Å²) in [7, 11) is 0. The van der Waals surface area contributed by atoms with Gasteiger partial charge in [-0.05, 0) is 29.2 Å². The van der Waals surface area contributed by atoms with Gasteiger partial charge in [-0.25, -0.2) is 4.98 Å². The fourth-order valence-corrected chi connectivity index (χ4v) is 3.29. The summed E-state index contributed by atoms with van der Waals surface area (Å²) in [6.45, 7) is 3.13. The largest absolute Gasteiger partial charge is 0.356 e. The average Bonchev–Trinajstić information content (AvgIpc) is 2.97. The number of fused-ring (bicyclic) bond motifs is 2. The fourth-order valence-electron chi connectivity index (χ4n) is 3.29. The summed E-state index contributed by atoms with van der Waals surface area (Å²) in [5.41, 5.74) is 2.56. The van der Waals surface area contributed by atoms with Gasteiger partial charge >= 0.3 is 0 Å². The van der Waals surface area contributed by atoms with Crippen molar-refractivity contribution < 1.29 is 0 Å². The molecule has 21 heavy (non-hydrogen) atoms. The van der Waals surface area contributed by atoms with E-state index in [4.69, 9.17) is 0 Å². The van der Waals surface area contributed by atoms with Gasteiger partial charge in [0.25, 0.3) is 0 Å². The Balaban J connectivity index is 1.89. The molecular formula is C18H19N3. The van der Waals surface area contributed by atoms with E-state index in [0.717, 1.165) is 31.0 Å². The van der Waals surface area contributed by atoms with E-state index in [-0.39, 0.29) is 0 Å². The molecule has 0 aliphatic carbocycles. The van der Waals surface area contributed by atoms with Gasteiger partial charge in [0.1, 0.15) is 0 Å². The molecule has 4 rings (SSSR count). The zero-order chi connectivity index (χ0) is 14.2. The standard InChI is InChI=1S/C18H19N3/c1-2-14-12-21-17(10-11-19-18(21)20-14)16-9-5-7-13-6-3-4-8-15(13)16/h3-9,12,17H,2,10-11H2,1H3,(H,19,20). The summed E-state index contributed by atoms with van der Waals surface area (Å²) in [5.74, 6) is 1.01. The highest BCUT2D eigenvalue weighted by Crippen LogP contribution is 2.34. The second kappa shape index (κ2) is 4.92. The van der Waals surface area contributed by atoms with E-state index in [1.807, 2.05) is 0 Å². The molecule has 3 nitrogen and oxygen atoms in total. The second-order valence-corrected chi connectivity index (χ2v) is 5.62. The summed E-state index contributed by atoms with van der Waals surface area (Å²) in [4.78, 5) is 4.68. The van der Waals surface area contributed by atoms with Crippen LogP contribution in [0.2, 0.25) is 0 Å². The number of benzene rings is 2. The van der Waals surface area contributed by atoms with Crippen LogP contribution in [-0.2, 0) is 6.42 Å². The van der Waals surface area contributed by atoms with Crippen molar-refractivity contribution in [3.63, 3.8) is 0 Å². The van der Waals surface area contributed by atoms with Gasteiger partial charge in [-0.1, -0.05) is 49.4 Å². The van der Waals surface area contributed by atoms with Crippen LogP contribution in [0, 0.1) is 0 Å². The minimum Gasteiger partial charge on any atom is -0.356 e. The first-order chi connectivity index (χ1) is 10.4. The number of nitrogens with one attached hydrogen (secondary N) is 1. The highest BCUT2D eigenvalue weighted by Gasteiger charge is 2.23. The van der Waals surface area contributed by atoms with Gasteiger partial charge in [-0.15, -0.1) is 0 Å². The molecule has 0 saturated heterocycles.